The molecule has 0 heterocycles. The topological polar surface area (TPSA) is 12.0 Å². The van der Waals surface area contributed by atoms with Gasteiger partial charge < -0.3 is 5.32 Å². The maximum absolute atomic E-state index is 3.77. The van der Waals surface area contributed by atoms with Gasteiger partial charge in [0.05, 0.1) is 0 Å². The molecule has 1 fully saturated rings. The van der Waals surface area contributed by atoms with E-state index in [9.17, 15) is 0 Å². The van der Waals surface area contributed by atoms with Crippen LogP contribution in [0.15, 0.2) is 0 Å². The lowest BCUT2D eigenvalue weighted by molar-refractivity contribution is 0.187. The van der Waals surface area contributed by atoms with Crippen molar-refractivity contribution >= 4 is 0 Å². The minimum Gasteiger partial charge on any atom is -0.314 e. The Labute approximate surface area is 102 Å². The van der Waals surface area contributed by atoms with Crippen molar-refractivity contribution in [2.75, 3.05) is 6.54 Å². The first kappa shape index (κ1) is 14.0. The zero-order valence-electron chi connectivity index (χ0n) is 11.6. The van der Waals surface area contributed by atoms with Crippen molar-refractivity contribution in [3.63, 3.8) is 0 Å². The quantitative estimate of drug-likeness (QED) is 0.678. The maximum atomic E-state index is 3.77. The highest BCUT2D eigenvalue weighted by Crippen LogP contribution is 2.34. The summed E-state index contributed by atoms with van der Waals surface area (Å²) in [5, 5.41) is 3.77. The zero-order valence-corrected chi connectivity index (χ0v) is 11.6. The third kappa shape index (κ3) is 4.45. The summed E-state index contributed by atoms with van der Waals surface area (Å²) in [7, 11) is 0. The van der Waals surface area contributed by atoms with Gasteiger partial charge in [0.25, 0.3) is 0 Å². The minimum absolute atomic E-state index is 0.828. The van der Waals surface area contributed by atoms with Gasteiger partial charge in [-0.1, -0.05) is 40.0 Å². The Balaban J connectivity index is 2.39. The molecule has 0 aromatic carbocycles. The molecule has 1 aliphatic carbocycles. The van der Waals surface area contributed by atoms with Gasteiger partial charge in [0.2, 0.25) is 0 Å². The summed E-state index contributed by atoms with van der Waals surface area (Å²) in [6, 6.07) is 0.828. The van der Waals surface area contributed by atoms with E-state index in [1.54, 1.807) is 0 Å². The van der Waals surface area contributed by atoms with Crippen LogP contribution in [-0.2, 0) is 0 Å². The molecule has 3 atom stereocenters. The summed E-state index contributed by atoms with van der Waals surface area (Å²) in [4.78, 5) is 0. The molecule has 1 heteroatoms. The Morgan fingerprint density at radius 2 is 1.88 bits per heavy atom. The number of hydrogen-bond donors (Lipinski definition) is 1. The Morgan fingerprint density at radius 3 is 2.50 bits per heavy atom. The molecular weight excluding hydrogens is 194 g/mol. The van der Waals surface area contributed by atoms with E-state index in [2.05, 4.69) is 26.1 Å². The molecule has 0 radical (unpaired) electrons. The largest absolute Gasteiger partial charge is 0.314 e. The van der Waals surface area contributed by atoms with E-state index in [1.165, 1.54) is 57.9 Å². The van der Waals surface area contributed by atoms with Gasteiger partial charge in [-0.3, -0.25) is 0 Å². The maximum Gasteiger partial charge on any atom is 0.00955 e. The van der Waals surface area contributed by atoms with Crippen LogP contribution in [0.2, 0.25) is 0 Å². The predicted octanol–water partition coefficient (Wildman–Crippen LogP) is 4.37. The van der Waals surface area contributed by atoms with E-state index < -0.39 is 0 Å². The van der Waals surface area contributed by atoms with Crippen LogP contribution < -0.4 is 5.32 Å². The highest BCUT2D eigenvalue weighted by molar-refractivity contribution is 4.84. The van der Waals surface area contributed by atoms with E-state index in [-0.39, 0.29) is 0 Å². The monoisotopic (exact) mass is 225 g/mol. The van der Waals surface area contributed by atoms with Gasteiger partial charge >= 0.3 is 0 Å². The Kier molecular flexibility index (Phi) is 7.11. The summed E-state index contributed by atoms with van der Waals surface area (Å²) >= 11 is 0. The normalized spacial score (nSPS) is 30.6. The Morgan fingerprint density at radius 1 is 1.06 bits per heavy atom. The molecule has 0 aromatic rings. The molecule has 0 aromatic heterocycles. The van der Waals surface area contributed by atoms with Crippen LogP contribution in [-0.4, -0.2) is 12.6 Å². The van der Waals surface area contributed by atoms with Crippen LogP contribution in [0.5, 0.6) is 0 Å². The fraction of sp³-hybridized carbons (Fsp3) is 1.00. The molecule has 0 bridgehead atoms. The molecule has 1 nitrogen and oxygen atoms in total. The van der Waals surface area contributed by atoms with Crippen molar-refractivity contribution in [1.29, 1.82) is 0 Å². The zero-order chi connectivity index (χ0) is 11.8. The van der Waals surface area contributed by atoms with Crippen LogP contribution in [0, 0.1) is 11.8 Å². The van der Waals surface area contributed by atoms with E-state index in [1.807, 2.05) is 0 Å². The number of rotatable bonds is 7. The molecule has 1 rings (SSSR count). The smallest absolute Gasteiger partial charge is 0.00955 e. The van der Waals surface area contributed by atoms with Crippen molar-refractivity contribution in [2.45, 2.75) is 78.2 Å². The fourth-order valence-corrected chi connectivity index (χ4v) is 3.12. The minimum atomic E-state index is 0.828. The van der Waals surface area contributed by atoms with E-state index in [0.717, 1.165) is 17.9 Å². The first-order chi connectivity index (χ1) is 7.81. The number of unbranched alkanes of at least 4 members (excludes halogenated alkanes) is 1. The molecule has 1 aliphatic rings. The Hall–Kier alpha value is -0.0400. The fourth-order valence-electron chi connectivity index (χ4n) is 3.12. The van der Waals surface area contributed by atoms with Gasteiger partial charge in [0.15, 0.2) is 0 Å². The molecule has 96 valence electrons. The molecule has 0 spiro atoms. The van der Waals surface area contributed by atoms with Gasteiger partial charge in [0, 0.05) is 6.04 Å². The summed E-state index contributed by atoms with van der Waals surface area (Å²) < 4.78 is 0. The van der Waals surface area contributed by atoms with Crippen molar-refractivity contribution in [2.24, 2.45) is 11.8 Å². The van der Waals surface area contributed by atoms with Crippen LogP contribution in [0.1, 0.15) is 72.1 Å². The van der Waals surface area contributed by atoms with E-state index in [0.29, 0.717) is 0 Å². The molecule has 1 saturated carbocycles. The van der Waals surface area contributed by atoms with Crippen LogP contribution in [0.4, 0.5) is 0 Å². The third-order valence-corrected chi connectivity index (χ3v) is 4.25. The number of nitrogens with one attached hydrogen (secondary N) is 1. The second-order valence-corrected chi connectivity index (χ2v) is 5.55. The average Bonchev–Trinajstić information content (AvgIpc) is 2.34. The van der Waals surface area contributed by atoms with E-state index >= 15 is 0 Å². The first-order valence-corrected chi connectivity index (χ1v) is 7.55. The standard InChI is InChI=1S/C15H31N/c1-4-7-8-14-12-13(6-3)9-10-15(14)16-11-5-2/h13-16H,4-12H2,1-3H3. The Bertz CT molecular complexity index is 167. The second-order valence-electron chi connectivity index (χ2n) is 5.55. The summed E-state index contributed by atoms with van der Waals surface area (Å²) in [5.41, 5.74) is 0. The third-order valence-electron chi connectivity index (χ3n) is 4.25. The van der Waals surface area contributed by atoms with E-state index in [4.69, 9.17) is 0 Å². The van der Waals surface area contributed by atoms with Crippen LogP contribution >= 0.6 is 0 Å². The van der Waals surface area contributed by atoms with Crippen molar-refractivity contribution < 1.29 is 0 Å². The van der Waals surface area contributed by atoms with Gasteiger partial charge in [0.1, 0.15) is 0 Å². The molecular formula is C15H31N. The molecule has 16 heavy (non-hydrogen) atoms. The van der Waals surface area contributed by atoms with Crippen molar-refractivity contribution in [1.82, 2.24) is 5.32 Å². The highest BCUT2D eigenvalue weighted by atomic mass is 14.9. The molecule has 0 saturated heterocycles. The highest BCUT2D eigenvalue weighted by Gasteiger charge is 2.28. The number of hydrogen-bond acceptors (Lipinski definition) is 1. The predicted molar refractivity (Wildman–Crippen MR) is 72.7 cm³/mol. The lowest BCUT2D eigenvalue weighted by atomic mass is 9.75. The second kappa shape index (κ2) is 8.11. The van der Waals surface area contributed by atoms with Crippen LogP contribution in [0.25, 0.3) is 0 Å². The SMILES string of the molecule is CCCCC1CC(CC)CCC1NCCC. The molecule has 1 N–H and O–H groups in total. The molecule has 0 amide bonds. The van der Waals surface area contributed by atoms with Gasteiger partial charge in [-0.05, 0) is 50.5 Å². The summed E-state index contributed by atoms with van der Waals surface area (Å²) in [5.74, 6) is 1.98. The summed E-state index contributed by atoms with van der Waals surface area (Å²) in [6.07, 6.45) is 11.3. The lowest BCUT2D eigenvalue weighted by Gasteiger charge is -2.36. The lowest BCUT2D eigenvalue weighted by Crippen LogP contribution is -2.41. The van der Waals surface area contributed by atoms with Crippen LogP contribution in [0.3, 0.4) is 0 Å². The van der Waals surface area contributed by atoms with Crippen molar-refractivity contribution in [3.8, 4) is 0 Å². The molecule has 0 aliphatic heterocycles. The average molecular weight is 225 g/mol. The van der Waals surface area contributed by atoms with Gasteiger partial charge in [-0.2, -0.15) is 0 Å². The molecule has 3 unspecified atom stereocenters. The van der Waals surface area contributed by atoms with Gasteiger partial charge in [-0.25, -0.2) is 0 Å². The van der Waals surface area contributed by atoms with Gasteiger partial charge in [-0.15, -0.1) is 0 Å². The first-order valence-electron chi connectivity index (χ1n) is 7.55. The van der Waals surface area contributed by atoms with Crippen molar-refractivity contribution in [3.05, 3.63) is 0 Å². The summed E-state index contributed by atoms with van der Waals surface area (Å²) in [6.45, 7) is 8.16.